The summed E-state index contributed by atoms with van der Waals surface area (Å²) in [6.45, 7) is 3.01. The predicted octanol–water partition coefficient (Wildman–Crippen LogP) is -0.110. The van der Waals surface area contributed by atoms with Crippen LogP contribution >= 0.6 is 0 Å². The third-order valence-corrected chi connectivity index (χ3v) is 2.29. The number of carbonyl (C=O) groups is 1. The molecular weight excluding hydrogens is 196 g/mol. The molecule has 0 spiro atoms. The molecule has 0 aromatic carbocycles. The van der Waals surface area contributed by atoms with Crippen LogP contribution < -0.4 is 5.73 Å². The summed E-state index contributed by atoms with van der Waals surface area (Å²) in [5.41, 5.74) is 5.36. The molecule has 0 aliphatic rings. The normalized spacial score (nSPS) is 12.7. The number of carboxylic acids is 1. The first kappa shape index (κ1) is 11.6. The second kappa shape index (κ2) is 5.45. The first-order valence-electron chi connectivity index (χ1n) is 4.98. The van der Waals surface area contributed by atoms with Gasteiger partial charge in [-0.05, 0) is 19.9 Å². The van der Waals surface area contributed by atoms with E-state index in [1.165, 1.54) is 6.33 Å². The fraction of sp³-hybridized carbons (Fsp3) is 0.667. The molecule has 84 valence electrons. The van der Waals surface area contributed by atoms with Crippen LogP contribution in [0.25, 0.3) is 0 Å². The molecule has 3 N–H and O–H groups in total. The lowest BCUT2D eigenvalue weighted by Gasteiger charge is -2.10. The lowest BCUT2D eigenvalue weighted by atomic mass is 10.0. The Morgan fingerprint density at radius 3 is 3.00 bits per heavy atom. The van der Waals surface area contributed by atoms with E-state index in [1.807, 2.05) is 6.92 Å². The van der Waals surface area contributed by atoms with Crippen molar-refractivity contribution in [1.29, 1.82) is 0 Å². The number of hydrogen-bond acceptors (Lipinski definition) is 4. The van der Waals surface area contributed by atoms with Crippen LogP contribution in [0.5, 0.6) is 0 Å². The van der Waals surface area contributed by atoms with Crippen molar-refractivity contribution in [3.8, 4) is 0 Å². The maximum atomic E-state index is 10.9. The molecule has 1 rings (SSSR count). The molecule has 0 bridgehead atoms. The maximum Gasteiger partial charge on any atom is 0.306 e. The Labute approximate surface area is 88.1 Å². The van der Waals surface area contributed by atoms with Crippen LogP contribution in [0.3, 0.4) is 0 Å². The number of carboxylic acid groups (broad SMARTS) is 1. The topological polar surface area (TPSA) is 94.0 Å². The van der Waals surface area contributed by atoms with Crippen molar-refractivity contribution in [3.05, 3.63) is 12.2 Å². The Morgan fingerprint density at radius 2 is 2.47 bits per heavy atom. The molecule has 0 fully saturated rings. The number of aryl methyl sites for hydroxylation is 1. The standard InChI is InChI=1S/C9H16N4O2/c1-2-13-8(11-6-12-13)5-7(3-4-10)9(14)15/h6-7H,2-5,10H2,1H3,(H,14,15). The molecule has 0 aliphatic carbocycles. The van der Waals surface area contributed by atoms with Gasteiger partial charge in [0.05, 0.1) is 5.92 Å². The highest BCUT2D eigenvalue weighted by Crippen LogP contribution is 2.10. The number of rotatable bonds is 6. The SMILES string of the molecule is CCn1ncnc1CC(CCN)C(=O)O. The van der Waals surface area contributed by atoms with Crippen LogP contribution in [0.2, 0.25) is 0 Å². The van der Waals surface area contributed by atoms with E-state index in [9.17, 15) is 4.79 Å². The number of nitrogens with two attached hydrogens (primary N) is 1. The molecule has 0 saturated carbocycles. The molecule has 1 aromatic rings. The molecule has 0 saturated heterocycles. The summed E-state index contributed by atoms with van der Waals surface area (Å²) >= 11 is 0. The van der Waals surface area contributed by atoms with Gasteiger partial charge in [0.15, 0.2) is 0 Å². The Hall–Kier alpha value is -1.43. The highest BCUT2D eigenvalue weighted by molar-refractivity contribution is 5.70. The first-order chi connectivity index (χ1) is 7.19. The lowest BCUT2D eigenvalue weighted by molar-refractivity contribution is -0.141. The third-order valence-electron chi connectivity index (χ3n) is 2.29. The Kier molecular flexibility index (Phi) is 4.23. The van der Waals surface area contributed by atoms with Gasteiger partial charge in [-0.25, -0.2) is 4.98 Å². The molecule has 0 amide bonds. The second-order valence-corrected chi connectivity index (χ2v) is 3.31. The minimum absolute atomic E-state index is 0.372. The van der Waals surface area contributed by atoms with E-state index in [4.69, 9.17) is 10.8 Å². The minimum atomic E-state index is -0.828. The van der Waals surface area contributed by atoms with E-state index in [0.29, 0.717) is 31.8 Å². The van der Waals surface area contributed by atoms with Crippen molar-refractivity contribution in [2.75, 3.05) is 6.54 Å². The molecule has 0 aliphatic heterocycles. The molecular formula is C9H16N4O2. The second-order valence-electron chi connectivity index (χ2n) is 3.31. The number of nitrogens with zero attached hydrogens (tertiary/aromatic N) is 3. The van der Waals surface area contributed by atoms with Crippen molar-refractivity contribution < 1.29 is 9.90 Å². The van der Waals surface area contributed by atoms with Gasteiger partial charge in [0.25, 0.3) is 0 Å². The Balaban J connectivity index is 2.69. The van der Waals surface area contributed by atoms with Crippen molar-refractivity contribution >= 4 is 5.97 Å². The van der Waals surface area contributed by atoms with Gasteiger partial charge < -0.3 is 10.8 Å². The van der Waals surface area contributed by atoms with E-state index in [-0.39, 0.29) is 0 Å². The molecule has 6 heteroatoms. The zero-order valence-corrected chi connectivity index (χ0v) is 8.76. The Morgan fingerprint density at radius 1 is 1.73 bits per heavy atom. The fourth-order valence-electron chi connectivity index (χ4n) is 1.44. The third kappa shape index (κ3) is 3.02. The maximum absolute atomic E-state index is 10.9. The van der Waals surface area contributed by atoms with Gasteiger partial charge in [0, 0.05) is 13.0 Å². The summed E-state index contributed by atoms with van der Waals surface area (Å²) in [5.74, 6) is -0.589. The summed E-state index contributed by atoms with van der Waals surface area (Å²) in [6.07, 6.45) is 2.30. The molecule has 1 atom stereocenters. The highest BCUT2D eigenvalue weighted by atomic mass is 16.4. The lowest BCUT2D eigenvalue weighted by Crippen LogP contribution is -2.22. The van der Waals surface area contributed by atoms with Crippen LogP contribution in [0.15, 0.2) is 6.33 Å². The van der Waals surface area contributed by atoms with E-state index >= 15 is 0 Å². The molecule has 6 nitrogen and oxygen atoms in total. The molecule has 1 unspecified atom stereocenters. The quantitative estimate of drug-likeness (QED) is 0.686. The van der Waals surface area contributed by atoms with Crippen LogP contribution in [-0.2, 0) is 17.8 Å². The van der Waals surface area contributed by atoms with E-state index in [2.05, 4.69) is 10.1 Å². The average molecular weight is 212 g/mol. The highest BCUT2D eigenvalue weighted by Gasteiger charge is 2.19. The predicted molar refractivity (Wildman–Crippen MR) is 54.2 cm³/mol. The largest absolute Gasteiger partial charge is 0.481 e. The van der Waals surface area contributed by atoms with Crippen molar-refractivity contribution in [1.82, 2.24) is 14.8 Å². The van der Waals surface area contributed by atoms with Gasteiger partial charge in [0.1, 0.15) is 12.2 Å². The van der Waals surface area contributed by atoms with Gasteiger partial charge in [-0.1, -0.05) is 0 Å². The monoisotopic (exact) mass is 212 g/mol. The smallest absolute Gasteiger partial charge is 0.306 e. The first-order valence-corrected chi connectivity index (χ1v) is 4.98. The molecule has 1 heterocycles. The molecule has 1 aromatic heterocycles. The van der Waals surface area contributed by atoms with Crippen molar-refractivity contribution in [2.24, 2.45) is 11.7 Å². The van der Waals surface area contributed by atoms with Crippen LogP contribution in [0.4, 0.5) is 0 Å². The van der Waals surface area contributed by atoms with Crippen LogP contribution in [0, 0.1) is 5.92 Å². The van der Waals surface area contributed by atoms with Gasteiger partial charge in [-0.15, -0.1) is 0 Å². The Bertz CT molecular complexity index is 324. The van der Waals surface area contributed by atoms with Crippen molar-refractivity contribution in [2.45, 2.75) is 26.3 Å². The van der Waals surface area contributed by atoms with E-state index in [1.54, 1.807) is 4.68 Å². The van der Waals surface area contributed by atoms with E-state index < -0.39 is 11.9 Å². The number of aliphatic carboxylic acids is 1. The van der Waals surface area contributed by atoms with Gasteiger partial charge >= 0.3 is 5.97 Å². The minimum Gasteiger partial charge on any atom is -0.481 e. The summed E-state index contributed by atoms with van der Waals surface area (Å²) in [4.78, 5) is 14.9. The summed E-state index contributed by atoms with van der Waals surface area (Å²) in [5, 5.41) is 12.9. The van der Waals surface area contributed by atoms with Gasteiger partial charge in [-0.3, -0.25) is 9.48 Å². The van der Waals surface area contributed by atoms with Gasteiger partial charge in [-0.2, -0.15) is 5.10 Å². The fourth-order valence-corrected chi connectivity index (χ4v) is 1.44. The summed E-state index contributed by atoms with van der Waals surface area (Å²) in [6, 6.07) is 0. The summed E-state index contributed by atoms with van der Waals surface area (Å²) in [7, 11) is 0. The van der Waals surface area contributed by atoms with E-state index in [0.717, 1.165) is 0 Å². The van der Waals surface area contributed by atoms with Crippen LogP contribution in [0.1, 0.15) is 19.2 Å². The zero-order chi connectivity index (χ0) is 11.3. The molecule has 0 radical (unpaired) electrons. The number of aromatic nitrogens is 3. The molecule has 15 heavy (non-hydrogen) atoms. The van der Waals surface area contributed by atoms with Crippen molar-refractivity contribution in [3.63, 3.8) is 0 Å². The summed E-state index contributed by atoms with van der Waals surface area (Å²) < 4.78 is 1.70. The number of hydrogen-bond donors (Lipinski definition) is 2. The van der Waals surface area contributed by atoms with Gasteiger partial charge in [0.2, 0.25) is 0 Å². The van der Waals surface area contributed by atoms with Crippen LogP contribution in [-0.4, -0.2) is 32.4 Å². The zero-order valence-electron chi connectivity index (χ0n) is 8.76. The average Bonchev–Trinajstić information content (AvgIpc) is 2.64.